The number of hydrogen-bond donors (Lipinski definition) is 2. The zero-order valence-corrected chi connectivity index (χ0v) is 12.3. The molecule has 0 fully saturated rings. The maximum atomic E-state index is 12.0. The van der Waals surface area contributed by atoms with Crippen molar-refractivity contribution in [3.05, 3.63) is 23.8 Å². The largest absolute Gasteiger partial charge is 0.493 e. The van der Waals surface area contributed by atoms with Crippen LogP contribution >= 0.6 is 0 Å². The third-order valence-corrected chi connectivity index (χ3v) is 2.72. The summed E-state index contributed by atoms with van der Waals surface area (Å²) in [5, 5.41) is 12.4. The highest BCUT2D eigenvalue weighted by atomic mass is 16.5. The summed E-state index contributed by atoms with van der Waals surface area (Å²) in [6, 6.07) is 4.92. The quantitative estimate of drug-likeness (QED) is 0.755. The minimum atomic E-state index is -0.603. The van der Waals surface area contributed by atoms with Crippen LogP contribution in [0.1, 0.15) is 10.4 Å². The topological polar surface area (TPSA) is 71.0 Å². The first kappa shape index (κ1) is 16.3. The van der Waals surface area contributed by atoms with Crippen LogP contribution in [-0.4, -0.2) is 63.4 Å². The van der Waals surface area contributed by atoms with Crippen LogP contribution in [0.4, 0.5) is 0 Å². The van der Waals surface area contributed by atoms with Crippen molar-refractivity contribution in [2.45, 2.75) is 6.10 Å². The molecule has 6 heteroatoms. The number of carbonyl (C=O) groups excluding carboxylic acids is 1. The van der Waals surface area contributed by atoms with Gasteiger partial charge in [-0.3, -0.25) is 4.79 Å². The van der Waals surface area contributed by atoms with Crippen molar-refractivity contribution in [2.24, 2.45) is 0 Å². The third kappa shape index (κ3) is 4.71. The van der Waals surface area contributed by atoms with Gasteiger partial charge in [0.25, 0.3) is 5.91 Å². The van der Waals surface area contributed by atoms with Gasteiger partial charge in [-0.1, -0.05) is 0 Å². The van der Waals surface area contributed by atoms with Crippen LogP contribution in [0.15, 0.2) is 18.2 Å². The number of aliphatic hydroxyl groups excluding tert-OH is 1. The number of methoxy groups -OCH3 is 2. The van der Waals surface area contributed by atoms with Gasteiger partial charge >= 0.3 is 0 Å². The standard InChI is InChI=1S/C14H22N2O4/c1-16(2)9-11(17)8-15-14(18)10-5-6-12(19-3)13(7-10)20-4/h5-7,11,17H,8-9H2,1-4H3,(H,15,18). The Balaban J connectivity index is 2.64. The van der Waals surface area contributed by atoms with Gasteiger partial charge in [0, 0.05) is 18.7 Å². The number of rotatable bonds is 7. The molecule has 1 amide bonds. The van der Waals surface area contributed by atoms with E-state index in [1.165, 1.54) is 14.2 Å². The lowest BCUT2D eigenvalue weighted by atomic mass is 10.2. The Morgan fingerprint density at radius 1 is 1.30 bits per heavy atom. The highest BCUT2D eigenvalue weighted by molar-refractivity contribution is 5.94. The molecule has 0 aromatic heterocycles. The van der Waals surface area contributed by atoms with Crippen molar-refractivity contribution >= 4 is 5.91 Å². The molecular formula is C14H22N2O4. The number of likely N-dealkylation sites (N-methyl/N-ethyl adjacent to an activating group) is 1. The van der Waals surface area contributed by atoms with E-state index < -0.39 is 6.10 Å². The van der Waals surface area contributed by atoms with Crippen molar-refractivity contribution in [3.8, 4) is 11.5 Å². The van der Waals surface area contributed by atoms with Gasteiger partial charge in [-0.25, -0.2) is 0 Å². The molecule has 0 heterocycles. The fraction of sp³-hybridized carbons (Fsp3) is 0.500. The minimum Gasteiger partial charge on any atom is -0.493 e. The molecule has 20 heavy (non-hydrogen) atoms. The van der Waals surface area contributed by atoms with Crippen molar-refractivity contribution in [3.63, 3.8) is 0 Å². The van der Waals surface area contributed by atoms with Gasteiger partial charge in [-0.15, -0.1) is 0 Å². The van der Waals surface area contributed by atoms with Crippen LogP contribution in [0.5, 0.6) is 11.5 Å². The zero-order chi connectivity index (χ0) is 15.1. The van der Waals surface area contributed by atoms with Gasteiger partial charge in [0.05, 0.1) is 20.3 Å². The Kier molecular flexibility index (Phi) is 6.27. The van der Waals surface area contributed by atoms with Crippen LogP contribution < -0.4 is 14.8 Å². The molecule has 0 bridgehead atoms. The fourth-order valence-electron chi connectivity index (χ4n) is 1.78. The number of nitrogens with zero attached hydrogens (tertiary/aromatic N) is 1. The van der Waals surface area contributed by atoms with Crippen molar-refractivity contribution in [2.75, 3.05) is 41.4 Å². The number of amides is 1. The number of nitrogens with one attached hydrogen (secondary N) is 1. The Hall–Kier alpha value is -1.79. The molecule has 0 aliphatic carbocycles. The maximum Gasteiger partial charge on any atom is 0.251 e. The summed E-state index contributed by atoms with van der Waals surface area (Å²) in [5.41, 5.74) is 0.458. The van der Waals surface area contributed by atoms with E-state index in [0.29, 0.717) is 23.6 Å². The average molecular weight is 282 g/mol. The van der Waals surface area contributed by atoms with E-state index in [1.807, 2.05) is 19.0 Å². The molecule has 0 aliphatic rings. The first-order valence-corrected chi connectivity index (χ1v) is 6.31. The van der Waals surface area contributed by atoms with Crippen LogP contribution in [0, 0.1) is 0 Å². The summed E-state index contributed by atoms with van der Waals surface area (Å²) in [4.78, 5) is 13.8. The summed E-state index contributed by atoms with van der Waals surface area (Å²) in [6.07, 6.45) is -0.603. The number of aliphatic hydroxyl groups is 1. The molecule has 0 saturated carbocycles. The molecule has 1 aromatic carbocycles. The fourth-order valence-corrected chi connectivity index (χ4v) is 1.78. The van der Waals surface area contributed by atoms with Crippen molar-refractivity contribution in [1.82, 2.24) is 10.2 Å². The van der Waals surface area contributed by atoms with E-state index >= 15 is 0 Å². The average Bonchev–Trinajstić information content (AvgIpc) is 2.43. The van der Waals surface area contributed by atoms with Gasteiger partial charge in [-0.05, 0) is 32.3 Å². The van der Waals surface area contributed by atoms with Gasteiger partial charge in [0.1, 0.15) is 0 Å². The van der Waals surface area contributed by atoms with Gasteiger partial charge in [0.2, 0.25) is 0 Å². The number of ether oxygens (including phenoxy) is 2. The van der Waals surface area contributed by atoms with Crippen LogP contribution in [0.25, 0.3) is 0 Å². The summed E-state index contributed by atoms with van der Waals surface area (Å²) in [6.45, 7) is 0.692. The molecule has 1 rings (SSSR count). The second kappa shape index (κ2) is 7.72. The SMILES string of the molecule is COc1ccc(C(=O)NCC(O)CN(C)C)cc1OC. The molecule has 0 aliphatic heterocycles. The lowest BCUT2D eigenvalue weighted by molar-refractivity contribution is 0.0892. The zero-order valence-electron chi connectivity index (χ0n) is 12.3. The van der Waals surface area contributed by atoms with Crippen molar-refractivity contribution in [1.29, 1.82) is 0 Å². The smallest absolute Gasteiger partial charge is 0.251 e. The first-order valence-electron chi connectivity index (χ1n) is 6.31. The summed E-state index contributed by atoms with van der Waals surface area (Å²) < 4.78 is 10.3. The molecule has 2 N–H and O–H groups in total. The predicted octanol–water partition coefficient (Wildman–Crippen LogP) is 0.356. The van der Waals surface area contributed by atoms with Gasteiger partial charge in [0.15, 0.2) is 11.5 Å². The van der Waals surface area contributed by atoms with E-state index in [1.54, 1.807) is 18.2 Å². The number of carbonyl (C=O) groups is 1. The summed E-state index contributed by atoms with van der Waals surface area (Å²) in [5.74, 6) is 0.800. The number of hydrogen-bond acceptors (Lipinski definition) is 5. The van der Waals surface area contributed by atoms with Gasteiger partial charge < -0.3 is 24.8 Å². The normalized spacial score (nSPS) is 12.1. The van der Waals surface area contributed by atoms with Crippen LogP contribution in [0.3, 0.4) is 0 Å². The van der Waals surface area contributed by atoms with E-state index in [9.17, 15) is 9.90 Å². The highest BCUT2D eigenvalue weighted by Gasteiger charge is 2.12. The maximum absolute atomic E-state index is 12.0. The lowest BCUT2D eigenvalue weighted by Crippen LogP contribution is -2.37. The first-order chi connectivity index (χ1) is 9.47. The lowest BCUT2D eigenvalue weighted by Gasteiger charge is -2.16. The second-order valence-electron chi connectivity index (χ2n) is 4.70. The molecule has 1 aromatic rings. The summed E-state index contributed by atoms with van der Waals surface area (Å²) >= 11 is 0. The Morgan fingerprint density at radius 2 is 1.95 bits per heavy atom. The molecule has 112 valence electrons. The Morgan fingerprint density at radius 3 is 2.50 bits per heavy atom. The summed E-state index contributed by atoms with van der Waals surface area (Å²) in [7, 11) is 6.77. The minimum absolute atomic E-state index is 0.200. The molecule has 0 spiro atoms. The Labute approximate surface area is 119 Å². The van der Waals surface area contributed by atoms with E-state index in [2.05, 4.69) is 5.32 Å². The third-order valence-electron chi connectivity index (χ3n) is 2.72. The highest BCUT2D eigenvalue weighted by Crippen LogP contribution is 2.27. The van der Waals surface area contributed by atoms with E-state index in [4.69, 9.17) is 9.47 Å². The van der Waals surface area contributed by atoms with Crippen LogP contribution in [0.2, 0.25) is 0 Å². The molecule has 1 unspecified atom stereocenters. The van der Waals surface area contributed by atoms with Crippen LogP contribution in [-0.2, 0) is 0 Å². The Bertz CT molecular complexity index is 449. The van der Waals surface area contributed by atoms with Gasteiger partial charge in [-0.2, -0.15) is 0 Å². The molecule has 0 radical (unpaired) electrons. The molecular weight excluding hydrogens is 260 g/mol. The number of benzene rings is 1. The monoisotopic (exact) mass is 282 g/mol. The molecule has 1 atom stereocenters. The molecule has 6 nitrogen and oxygen atoms in total. The van der Waals surface area contributed by atoms with E-state index in [-0.39, 0.29) is 12.5 Å². The second-order valence-corrected chi connectivity index (χ2v) is 4.70. The molecule has 0 saturated heterocycles. The van der Waals surface area contributed by atoms with E-state index in [0.717, 1.165) is 0 Å². The van der Waals surface area contributed by atoms with Crippen molar-refractivity contribution < 1.29 is 19.4 Å². The predicted molar refractivity (Wildman–Crippen MR) is 76.4 cm³/mol.